The first-order valence-corrected chi connectivity index (χ1v) is 12.0. The molecule has 1 heterocycles. The Morgan fingerprint density at radius 2 is 1.25 bits per heavy atom. The highest BCUT2D eigenvalue weighted by Gasteiger charge is 2.32. The van der Waals surface area contributed by atoms with Crippen LogP contribution in [-0.4, -0.2) is 37.4 Å². The number of piperidine rings is 1. The molecule has 0 atom stereocenters. The van der Waals surface area contributed by atoms with Gasteiger partial charge in [0.05, 0.1) is 10.6 Å². The molecule has 1 fully saturated rings. The van der Waals surface area contributed by atoms with Gasteiger partial charge in [-0.2, -0.15) is 9.41 Å². The number of nitrogens with zero attached hydrogens (tertiary/aromatic N) is 2. The molecule has 1 aliphatic heterocycles. The maximum absolute atomic E-state index is 12.8. The van der Waals surface area contributed by atoms with E-state index in [4.69, 9.17) is 0 Å². The van der Waals surface area contributed by atoms with E-state index >= 15 is 0 Å². The van der Waals surface area contributed by atoms with Crippen LogP contribution in [0, 0.1) is 5.92 Å². The van der Waals surface area contributed by atoms with Crippen molar-refractivity contribution < 1.29 is 13.2 Å². The van der Waals surface area contributed by atoms with Crippen LogP contribution in [0.4, 0.5) is 0 Å². The second-order valence-electron chi connectivity index (χ2n) is 7.66. The van der Waals surface area contributed by atoms with E-state index in [2.05, 4.69) is 10.5 Å². The van der Waals surface area contributed by atoms with Gasteiger partial charge in [0, 0.05) is 30.1 Å². The Labute approximate surface area is 188 Å². The molecule has 0 spiro atoms. The Morgan fingerprint density at radius 1 is 0.781 bits per heavy atom. The lowest BCUT2D eigenvalue weighted by molar-refractivity contribution is -0.126. The molecule has 1 aliphatic rings. The number of hydrogen-bond acceptors (Lipinski definition) is 4. The molecule has 0 radical (unpaired) electrons. The molecule has 4 rings (SSSR count). The fourth-order valence-corrected chi connectivity index (χ4v) is 5.28. The first-order valence-electron chi connectivity index (χ1n) is 10.6. The van der Waals surface area contributed by atoms with Crippen LogP contribution < -0.4 is 5.43 Å². The van der Waals surface area contributed by atoms with Crippen LogP contribution in [0.3, 0.4) is 0 Å². The molecule has 3 aromatic carbocycles. The summed E-state index contributed by atoms with van der Waals surface area (Å²) in [5, 5.41) is 4.44. The van der Waals surface area contributed by atoms with Gasteiger partial charge in [-0.05, 0) is 25.0 Å². The van der Waals surface area contributed by atoms with Crippen LogP contribution in [0.15, 0.2) is 101 Å². The molecule has 6 nitrogen and oxygen atoms in total. The first-order chi connectivity index (χ1) is 15.6. The standard InChI is InChI=1S/C25H25N3O3S/c29-25(22-16-18-28(19-17-22)32(30,31)23-14-8-3-9-15-23)27-26-24(20-10-4-1-5-11-20)21-12-6-2-7-13-21/h1-15,22H,16-19H2,(H,27,29). The average molecular weight is 448 g/mol. The van der Waals surface area contributed by atoms with Gasteiger partial charge in [0.15, 0.2) is 0 Å². The largest absolute Gasteiger partial charge is 0.273 e. The monoisotopic (exact) mass is 447 g/mol. The van der Waals surface area contributed by atoms with Gasteiger partial charge in [0.2, 0.25) is 15.9 Å². The highest BCUT2D eigenvalue weighted by molar-refractivity contribution is 7.89. The number of sulfonamides is 1. The summed E-state index contributed by atoms with van der Waals surface area (Å²) in [5.74, 6) is -0.472. The summed E-state index contributed by atoms with van der Waals surface area (Å²) >= 11 is 0. The zero-order valence-corrected chi connectivity index (χ0v) is 18.4. The van der Waals surface area contributed by atoms with Crippen molar-refractivity contribution in [3.8, 4) is 0 Å². The molecule has 0 saturated carbocycles. The minimum atomic E-state index is -3.53. The smallest absolute Gasteiger partial charge is 0.243 e. The SMILES string of the molecule is O=C(NN=C(c1ccccc1)c1ccccc1)C1CCN(S(=O)(=O)c2ccccc2)CC1. The Bertz CT molecular complexity index is 1130. The van der Waals surface area contributed by atoms with Crippen molar-refractivity contribution in [1.82, 2.24) is 9.73 Å². The van der Waals surface area contributed by atoms with Crippen molar-refractivity contribution in [2.24, 2.45) is 11.0 Å². The van der Waals surface area contributed by atoms with Crippen LogP contribution >= 0.6 is 0 Å². The van der Waals surface area contributed by atoms with Crippen molar-refractivity contribution in [2.75, 3.05) is 13.1 Å². The lowest BCUT2D eigenvalue weighted by atomic mass is 9.97. The number of hydrogen-bond donors (Lipinski definition) is 1. The van der Waals surface area contributed by atoms with E-state index in [1.54, 1.807) is 30.3 Å². The van der Waals surface area contributed by atoms with E-state index in [9.17, 15) is 13.2 Å². The van der Waals surface area contributed by atoms with E-state index in [1.807, 2.05) is 60.7 Å². The van der Waals surface area contributed by atoms with Gasteiger partial charge in [-0.3, -0.25) is 4.79 Å². The molecule has 0 aromatic heterocycles. The van der Waals surface area contributed by atoms with Crippen molar-refractivity contribution in [3.05, 3.63) is 102 Å². The molecule has 0 unspecified atom stereocenters. The molecule has 0 bridgehead atoms. The van der Waals surface area contributed by atoms with Crippen molar-refractivity contribution in [1.29, 1.82) is 0 Å². The molecule has 164 valence electrons. The summed E-state index contributed by atoms with van der Waals surface area (Å²) in [6, 6.07) is 27.8. The molecule has 3 aromatic rings. The highest BCUT2D eigenvalue weighted by atomic mass is 32.2. The zero-order chi connectivity index (χ0) is 22.4. The van der Waals surface area contributed by atoms with E-state index < -0.39 is 10.0 Å². The summed E-state index contributed by atoms with van der Waals surface area (Å²) < 4.78 is 27.0. The average Bonchev–Trinajstić information content (AvgIpc) is 2.86. The van der Waals surface area contributed by atoms with Crippen LogP contribution in [0.1, 0.15) is 24.0 Å². The number of nitrogens with one attached hydrogen (secondary N) is 1. The van der Waals surface area contributed by atoms with E-state index in [1.165, 1.54) is 4.31 Å². The Balaban J connectivity index is 1.43. The lowest BCUT2D eigenvalue weighted by Crippen LogP contribution is -2.42. The van der Waals surface area contributed by atoms with Gasteiger partial charge in [-0.15, -0.1) is 0 Å². The molecule has 1 saturated heterocycles. The number of carbonyl (C=O) groups is 1. The summed E-state index contributed by atoms with van der Waals surface area (Å²) in [5.41, 5.74) is 5.21. The van der Waals surface area contributed by atoms with Gasteiger partial charge in [0.1, 0.15) is 0 Å². The predicted octanol–water partition coefficient (Wildman–Crippen LogP) is 3.66. The minimum Gasteiger partial charge on any atom is -0.273 e. The van der Waals surface area contributed by atoms with Gasteiger partial charge < -0.3 is 0 Å². The summed E-state index contributed by atoms with van der Waals surface area (Å²) in [6.45, 7) is 0.618. The van der Waals surface area contributed by atoms with Crippen LogP contribution in [0.2, 0.25) is 0 Å². The van der Waals surface area contributed by atoms with Gasteiger partial charge >= 0.3 is 0 Å². The third-order valence-corrected chi connectivity index (χ3v) is 7.49. The Kier molecular flexibility index (Phi) is 6.78. The topological polar surface area (TPSA) is 78.8 Å². The van der Waals surface area contributed by atoms with Crippen molar-refractivity contribution in [2.45, 2.75) is 17.7 Å². The number of hydrazone groups is 1. The molecule has 7 heteroatoms. The fraction of sp³-hybridized carbons (Fsp3) is 0.200. The first kappa shape index (κ1) is 21.9. The molecule has 32 heavy (non-hydrogen) atoms. The fourth-order valence-electron chi connectivity index (χ4n) is 3.79. The van der Waals surface area contributed by atoms with Crippen LogP contribution in [0.25, 0.3) is 0 Å². The maximum Gasteiger partial charge on any atom is 0.243 e. The second kappa shape index (κ2) is 9.89. The normalized spacial score (nSPS) is 15.1. The third-order valence-electron chi connectivity index (χ3n) is 5.58. The molecule has 1 N–H and O–H groups in total. The highest BCUT2D eigenvalue weighted by Crippen LogP contribution is 2.24. The Hall–Kier alpha value is -3.29. The summed E-state index contributed by atoms with van der Waals surface area (Å²) in [6.07, 6.45) is 0.916. The van der Waals surface area contributed by atoms with Crippen molar-refractivity contribution in [3.63, 3.8) is 0 Å². The molecular formula is C25H25N3O3S. The minimum absolute atomic E-state index is 0.189. The molecule has 1 amide bonds. The van der Waals surface area contributed by atoms with Crippen LogP contribution in [-0.2, 0) is 14.8 Å². The van der Waals surface area contributed by atoms with Gasteiger partial charge in [-0.25, -0.2) is 13.8 Å². The second-order valence-corrected chi connectivity index (χ2v) is 9.60. The van der Waals surface area contributed by atoms with Gasteiger partial charge in [0.25, 0.3) is 0 Å². The van der Waals surface area contributed by atoms with Crippen molar-refractivity contribution >= 4 is 21.6 Å². The molecular weight excluding hydrogens is 422 g/mol. The van der Waals surface area contributed by atoms with E-state index in [-0.39, 0.29) is 16.7 Å². The number of benzene rings is 3. The van der Waals surface area contributed by atoms with Gasteiger partial charge in [-0.1, -0.05) is 78.9 Å². The van der Waals surface area contributed by atoms with E-state index in [0.29, 0.717) is 31.6 Å². The summed E-state index contributed by atoms with van der Waals surface area (Å²) in [7, 11) is -3.53. The lowest BCUT2D eigenvalue weighted by Gasteiger charge is -2.30. The molecule has 0 aliphatic carbocycles. The predicted molar refractivity (Wildman–Crippen MR) is 125 cm³/mol. The van der Waals surface area contributed by atoms with Crippen LogP contribution in [0.5, 0.6) is 0 Å². The maximum atomic E-state index is 12.8. The number of rotatable bonds is 6. The summed E-state index contributed by atoms with van der Waals surface area (Å²) in [4.78, 5) is 13.1. The Morgan fingerprint density at radius 3 is 1.75 bits per heavy atom. The zero-order valence-electron chi connectivity index (χ0n) is 17.6. The quantitative estimate of drug-likeness (QED) is 0.463. The number of amides is 1. The van der Waals surface area contributed by atoms with E-state index in [0.717, 1.165) is 11.1 Å². The number of carbonyl (C=O) groups excluding carboxylic acids is 1. The third kappa shape index (κ3) is 4.95.